The number of hydrogen-bond acceptors (Lipinski definition) is 6. The Morgan fingerprint density at radius 2 is 2.06 bits per heavy atom. The van der Waals surface area contributed by atoms with E-state index in [1.54, 1.807) is 10.6 Å². The molecule has 0 unspecified atom stereocenters. The van der Waals surface area contributed by atoms with Gasteiger partial charge in [-0.15, -0.1) is 0 Å². The summed E-state index contributed by atoms with van der Waals surface area (Å²) in [4.78, 5) is 25.3. The molecule has 4 rings (SSSR count). The minimum atomic E-state index is -0.476. The highest BCUT2D eigenvalue weighted by Crippen LogP contribution is 2.24. The molecular weight excluding hydrogens is 424 g/mol. The Labute approximate surface area is 192 Å². The van der Waals surface area contributed by atoms with Crippen LogP contribution in [-0.4, -0.2) is 55.9 Å². The van der Waals surface area contributed by atoms with E-state index in [-0.39, 0.29) is 40.3 Å². The molecule has 0 spiro atoms. The maximum atomic E-state index is 12.7. The predicted molar refractivity (Wildman–Crippen MR) is 122 cm³/mol. The van der Waals surface area contributed by atoms with Crippen molar-refractivity contribution in [3.05, 3.63) is 28.9 Å². The first-order chi connectivity index (χ1) is 15.7. The fourth-order valence-corrected chi connectivity index (χ4v) is 4.04. The summed E-state index contributed by atoms with van der Waals surface area (Å²) in [6.07, 6.45) is 7.89. The van der Waals surface area contributed by atoms with Crippen LogP contribution in [0.2, 0.25) is 0 Å². The van der Waals surface area contributed by atoms with Crippen molar-refractivity contribution in [1.82, 2.24) is 24.8 Å². The van der Waals surface area contributed by atoms with Gasteiger partial charge in [0.25, 0.3) is 5.91 Å². The third-order valence-corrected chi connectivity index (χ3v) is 6.08. The summed E-state index contributed by atoms with van der Waals surface area (Å²) >= 11 is 0. The fraction of sp³-hybridized carbons (Fsp3) is 0.565. The largest absolute Gasteiger partial charge is 0.493 e. The lowest BCUT2D eigenvalue weighted by Crippen LogP contribution is -2.49. The highest BCUT2D eigenvalue weighted by Gasteiger charge is 2.29. The predicted octanol–water partition coefficient (Wildman–Crippen LogP) is 1.57. The van der Waals surface area contributed by atoms with E-state index < -0.39 is 5.91 Å². The van der Waals surface area contributed by atoms with Gasteiger partial charge >= 0.3 is 0 Å². The molecule has 0 aromatic carbocycles. The van der Waals surface area contributed by atoms with Crippen molar-refractivity contribution in [3.8, 4) is 5.88 Å². The van der Waals surface area contributed by atoms with Gasteiger partial charge in [0.1, 0.15) is 16.7 Å². The zero-order chi connectivity index (χ0) is 23.8. The summed E-state index contributed by atoms with van der Waals surface area (Å²) in [6.45, 7) is 7.70. The molecule has 33 heavy (non-hydrogen) atoms. The number of amides is 2. The molecule has 10 nitrogen and oxygen atoms in total. The lowest BCUT2D eigenvalue weighted by atomic mass is 9.92. The van der Waals surface area contributed by atoms with Gasteiger partial charge in [-0.25, -0.2) is 0 Å². The Hall–Kier alpha value is -3.14. The second-order valence-electron chi connectivity index (χ2n) is 9.63. The van der Waals surface area contributed by atoms with E-state index in [9.17, 15) is 14.7 Å². The van der Waals surface area contributed by atoms with Gasteiger partial charge in [0, 0.05) is 43.0 Å². The van der Waals surface area contributed by atoms with Gasteiger partial charge in [-0.05, 0) is 44.6 Å². The van der Waals surface area contributed by atoms with Crippen LogP contribution >= 0.6 is 0 Å². The van der Waals surface area contributed by atoms with E-state index in [1.165, 1.54) is 16.8 Å². The molecular formula is C23H32N6O4. The Morgan fingerprint density at radius 1 is 1.36 bits per heavy atom. The standard InChI is InChI=1S/C23H32N6O4/c1-14(2)13-28-19(24)18(20(31)26-16-5-6-16)22(32)29-21(28)15(12-25-29)4-7-17(30)27-23(3)8-10-33-11-9-23/h4,7,12,14,16,24,32H,5-6,8-11,13H2,1-3H3,(H,26,31)(H,27,30)/b7-4+,24-19?. The topological polar surface area (TPSA) is 134 Å². The summed E-state index contributed by atoms with van der Waals surface area (Å²) in [5.41, 5.74) is 0.533. The molecule has 4 N–H and O–H groups in total. The summed E-state index contributed by atoms with van der Waals surface area (Å²) in [5.74, 6) is -0.914. The molecule has 1 aliphatic carbocycles. The SMILES string of the molecule is CC(C)Cn1c(=N)c(C(=O)NC2CC2)c(O)n2ncc(/C=C/C(=O)NC3(C)CCOCC3)c12. The van der Waals surface area contributed by atoms with Crippen LogP contribution in [0.15, 0.2) is 12.3 Å². The molecule has 1 saturated heterocycles. The number of aromatic hydroxyl groups is 1. The van der Waals surface area contributed by atoms with Crippen LogP contribution < -0.4 is 16.1 Å². The molecule has 1 saturated carbocycles. The van der Waals surface area contributed by atoms with Crippen molar-refractivity contribution in [2.75, 3.05) is 13.2 Å². The number of rotatable bonds is 7. The molecule has 2 fully saturated rings. The third kappa shape index (κ3) is 4.95. The quantitative estimate of drug-likeness (QED) is 0.469. The highest BCUT2D eigenvalue weighted by atomic mass is 16.5. The number of nitrogens with zero attached hydrogens (tertiary/aromatic N) is 3. The second-order valence-corrected chi connectivity index (χ2v) is 9.63. The highest BCUT2D eigenvalue weighted by molar-refractivity contribution is 5.97. The summed E-state index contributed by atoms with van der Waals surface area (Å²) in [7, 11) is 0. The van der Waals surface area contributed by atoms with Gasteiger partial charge in [0.2, 0.25) is 11.8 Å². The summed E-state index contributed by atoms with van der Waals surface area (Å²) in [6, 6.07) is 0.0951. The minimum absolute atomic E-state index is 0.0823. The molecule has 2 aromatic rings. The lowest BCUT2D eigenvalue weighted by Gasteiger charge is -2.34. The number of fused-ring (bicyclic) bond motifs is 1. The van der Waals surface area contributed by atoms with E-state index in [4.69, 9.17) is 10.1 Å². The molecule has 1 aliphatic heterocycles. The number of carbonyl (C=O) groups excluding carboxylic acids is 2. The number of aromatic nitrogens is 3. The van der Waals surface area contributed by atoms with Gasteiger partial charge in [-0.1, -0.05) is 13.8 Å². The summed E-state index contributed by atoms with van der Waals surface area (Å²) < 4.78 is 8.31. The molecule has 178 valence electrons. The van der Waals surface area contributed by atoms with Gasteiger partial charge < -0.3 is 25.0 Å². The first-order valence-electron chi connectivity index (χ1n) is 11.5. The molecule has 2 aliphatic rings. The van der Waals surface area contributed by atoms with E-state index in [0.717, 1.165) is 25.7 Å². The zero-order valence-electron chi connectivity index (χ0n) is 19.4. The van der Waals surface area contributed by atoms with Crippen LogP contribution in [0, 0.1) is 11.3 Å². The lowest BCUT2D eigenvalue weighted by molar-refractivity contribution is -0.119. The minimum Gasteiger partial charge on any atom is -0.493 e. The van der Waals surface area contributed by atoms with Crippen LogP contribution in [0.1, 0.15) is 62.4 Å². The van der Waals surface area contributed by atoms with Crippen molar-refractivity contribution in [2.24, 2.45) is 5.92 Å². The Kier molecular flexibility index (Phi) is 6.29. The first kappa shape index (κ1) is 23.0. The molecule has 2 amide bonds. The molecule has 2 aromatic heterocycles. The molecule has 0 radical (unpaired) electrons. The van der Waals surface area contributed by atoms with Gasteiger partial charge in [0.15, 0.2) is 0 Å². The van der Waals surface area contributed by atoms with E-state index >= 15 is 0 Å². The normalized spacial score (nSPS) is 18.2. The molecule has 3 heterocycles. The average molecular weight is 457 g/mol. The van der Waals surface area contributed by atoms with Crippen LogP contribution in [0.5, 0.6) is 5.88 Å². The monoisotopic (exact) mass is 456 g/mol. The van der Waals surface area contributed by atoms with Crippen molar-refractivity contribution < 1.29 is 19.4 Å². The van der Waals surface area contributed by atoms with E-state index in [0.29, 0.717) is 31.0 Å². The number of carbonyl (C=O) groups is 2. The fourth-order valence-electron chi connectivity index (χ4n) is 4.04. The van der Waals surface area contributed by atoms with Crippen molar-refractivity contribution >= 4 is 23.5 Å². The second kappa shape index (κ2) is 9.01. The Morgan fingerprint density at radius 3 is 2.70 bits per heavy atom. The molecule has 0 atom stereocenters. The Balaban J connectivity index is 1.69. The van der Waals surface area contributed by atoms with Gasteiger partial charge in [-0.2, -0.15) is 9.61 Å². The van der Waals surface area contributed by atoms with Crippen molar-refractivity contribution in [2.45, 2.75) is 64.6 Å². The van der Waals surface area contributed by atoms with Crippen molar-refractivity contribution in [1.29, 1.82) is 5.41 Å². The third-order valence-electron chi connectivity index (χ3n) is 6.08. The Bertz CT molecular complexity index is 1150. The van der Waals surface area contributed by atoms with E-state index in [1.807, 2.05) is 20.8 Å². The van der Waals surface area contributed by atoms with E-state index in [2.05, 4.69) is 15.7 Å². The van der Waals surface area contributed by atoms with Gasteiger partial charge in [0.05, 0.1) is 6.20 Å². The maximum absolute atomic E-state index is 12.7. The number of nitrogens with one attached hydrogen (secondary N) is 3. The van der Waals surface area contributed by atoms with Crippen LogP contribution in [0.4, 0.5) is 0 Å². The zero-order valence-corrected chi connectivity index (χ0v) is 19.4. The maximum Gasteiger partial charge on any atom is 0.260 e. The number of hydrogen-bond donors (Lipinski definition) is 4. The van der Waals surface area contributed by atoms with Crippen LogP contribution in [0.3, 0.4) is 0 Å². The van der Waals surface area contributed by atoms with Gasteiger partial charge in [-0.3, -0.25) is 15.0 Å². The van der Waals surface area contributed by atoms with Crippen LogP contribution in [0.25, 0.3) is 11.7 Å². The van der Waals surface area contributed by atoms with Crippen molar-refractivity contribution in [3.63, 3.8) is 0 Å². The first-order valence-corrected chi connectivity index (χ1v) is 11.5. The average Bonchev–Trinajstić information content (AvgIpc) is 3.45. The smallest absolute Gasteiger partial charge is 0.260 e. The molecule has 0 bridgehead atoms. The number of ether oxygens (including phenoxy) is 1. The molecule has 10 heteroatoms. The van der Waals surface area contributed by atoms with Crippen LogP contribution in [-0.2, 0) is 16.1 Å². The summed E-state index contributed by atoms with van der Waals surface area (Å²) in [5, 5.41) is 29.7.